The lowest BCUT2D eigenvalue weighted by molar-refractivity contribution is -0.120. The third-order valence-electron chi connectivity index (χ3n) is 4.48. The van der Waals surface area contributed by atoms with Gasteiger partial charge in [-0.05, 0) is 44.0 Å². The SMILES string of the molecule is CCN(c1ccc(C(=O)NCCCCCCC(=O)NC)cc1)c1cnccn1. The molecule has 2 aromatic rings. The van der Waals surface area contributed by atoms with Gasteiger partial charge < -0.3 is 15.5 Å². The van der Waals surface area contributed by atoms with Crippen molar-refractivity contribution in [3.05, 3.63) is 48.4 Å². The molecule has 1 aromatic heterocycles. The molecule has 0 fully saturated rings. The smallest absolute Gasteiger partial charge is 0.251 e. The number of carbonyl (C=O) groups excluding carboxylic acids is 2. The summed E-state index contributed by atoms with van der Waals surface area (Å²) in [7, 11) is 1.65. The van der Waals surface area contributed by atoms with E-state index in [1.54, 1.807) is 25.6 Å². The Bertz CT molecular complexity index is 734. The molecule has 7 nitrogen and oxygen atoms in total. The number of hydrogen-bond acceptors (Lipinski definition) is 5. The molecule has 2 N–H and O–H groups in total. The van der Waals surface area contributed by atoms with E-state index in [0.717, 1.165) is 43.7 Å². The zero-order chi connectivity index (χ0) is 20.2. The first kappa shape index (κ1) is 21.3. The number of hydrogen-bond donors (Lipinski definition) is 2. The number of aromatic nitrogens is 2. The Morgan fingerprint density at radius 3 is 2.43 bits per heavy atom. The topological polar surface area (TPSA) is 87.2 Å². The van der Waals surface area contributed by atoms with Gasteiger partial charge >= 0.3 is 0 Å². The van der Waals surface area contributed by atoms with Gasteiger partial charge in [-0.1, -0.05) is 12.8 Å². The molecular formula is C21H29N5O2. The summed E-state index contributed by atoms with van der Waals surface area (Å²) >= 11 is 0. The standard InChI is InChI=1S/C21H29N5O2/c1-3-26(19-16-23-14-15-24-19)18-11-9-17(10-12-18)21(28)25-13-7-5-4-6-8-20(27)22-2/h9-12,14-16H,3-8,13H2,1-2H3,(H,22,27)(H,25,28). The van der Waals surface area contributed by atoms with Crippen LogP contribution in [0.3, 0.4) is 0 Å². The highest BCUT2D eigenvalue weighted by molar-refractivity contribution is 5.94. The van der Waals surface area contributed by atoms with Gasteiger partial charge in [-0.2, -0.15) is 0 Å². The van der Waals surface area contributed by atoms with Crippen LogP contribution in [-0.2, 0) is 4.79 Å². The van der Waals surface area contributed by atoms with Gasteiger partial charge in [0.2, 0.25) is 5.91 Å². The van der Waals surface area contributed by atoms with Crippen molar-refractivity contribution in [1.82, 2.24) is 20.6 Å². The highest BCUT2D eigenvalue weighted by atomic mass is 16.2. The quantitative estimate of drug-likeness (QED) is 0.582. The molecule has 7 heteroatoms. The van der Waals surface area contributed by atoms with Crippen molar-refractivity contribution in [2.24, 2.45) is 0 Å². The first-order valence-corrected chi connectivity index (χ1v) is 9.78. The number of nitrogens with one attached hydrogen (secondary N) is 2. The molecule has 0 aliphatic carbocycles. The van der Waals surface area contributed by atoms with Crippen LogP contribution in [0.5, 0.6) is 0 Å². The Labute approximate surface area is 166 Å². The van der Waals surface area contributed by atoms with E-state index in [1.807, 2.05) is 36.1 Å². The lowest BCUT2D eigenvalue weighted by Crippen LogP contribution is -2.24. The molecule has 0 bridgehead atoms. The summed E-state index contributed by atoms with van der Waals surface area (Å²) < 4.78 is 0. The number of anilines is 2. The number of rotatable bonds is 11. The minimum absolute atomic E-state index is 0.0699. The molecule has 0 radical (unpaired) electrons. The van der Waals surface area contributed by atoms with Gasteiger partial charge in [0.1, 0.15) is 0 Å². The van der Waals surface area contributed by atoms with E-state index >= 15 is 0 Å². The molecule has 1 aromatic carbocycles. The van der Waals surface area contributed by atoms with Crippen LogP contribution in [0.4, 0.5) is 11.5 Å². The second-order valence-electron chi connectivity index (χ2n) is 6.45. The van der Waals surface area contributed by atoms with Crippen molar-refractivity contribution < 1.29 is 9.59 Å². The minimum atomic E-state index is -0.0699. The van der Waals surface area contributed by atoms with Crippen molar-refractivity contribution in [2.75, 3.05) is 25.0 Å². The van der Waals surface area contributed by atoms with Gasteiger partial charge in [0.25, 0.3) is 5.91 Å². The van der Waals surface area contributed by atoms with Gasteiger partial charge in [-0.3, -0.25) is 14.6 Å². The van der Waals surface area contributed by atoms with E-state index in [-0.39, 0.29) is 11.8 Å². The molecular weight excluding hydrogens is 354 g/mol. The normalized spacial score (nSPS) is 10.4. The molecule has 1 heterocycles. The van der Waals surface area contributed by atoms with Crippen molar-refractivity contribution in [1.29, 1.82) is 0 Å². The molecule has 0 unspecified atom stereocenters. The molecule has 0 saturated heterocycles. The maximum atomic E-state index is 12.3. The molecule has 2 rings (SSSR count). The lowest BCUT2D eigenvalue weighted by Gasteiger charge is -2.21. The van der Waals surface area contributed by atoms with Gasteiger partial charge in [-0.15, -0.1) is 0 Å². The maximum absolute atomic E-state index is 12.3. The largest absolute Gasteiger partial charge is 0.359 e. The number of nitrogens with zero attached hydrogens (tertiary/aromatic N) is 3. The van der Waals surface area contributed by atoms with E-state index in [4.69, 9.17) is 0 Å². The predicted molar refractivity (Wildman–Crippen MR) is 111 cm³/mol. The summed E-state index contributed by atoms with van der Waals surface area (Å²) in [5, 5.41) is 5.57. The van der Waals surface area contributed by atoms with Gasteiger partial charge in [-0.25, -0.2) is 4.98 Å². The van der Waals surface area contributed by atoms with Crippen molar-refractivity contribution in [2.45, 2.75) is 39.0 Å². The summed E-state index contributed by atoms with van der Waals surface area (Å²) in [6, 6.07) is 7.50. The number of carbonyl (C=O) groups is 2. The van der Waals surface area contributed by atoms with Crippen molar-refractivity contribution >= 4 is 23.3 Å². The average Bonchev–Trinajstić information content (AvgIpc) is 2.74. The summed E-state index contributed by atoms with van der Waals surface area (Å²) in [4.78, 5) is 33.9. The van der Waals surface area contributed by atoms with E-state index in [0.29, 0.717) is 18.5 Å². The fourth-order valence-corrected chi connectivity index (χ4v) is 2.89. The van der Waals surface area contributed by atoms with Crippen LogP contribution in [0.15, 0.2) is 42.9 Å². The zero-order valence-electron chi connectivity index (χ0n) is 16.6. The van der Waals surface area contributed by atoms with Gasteiger partial charge in [0.15, 0.2) is 5.82 Å². The Morgan fingerprint density at radius 2 is 1.79 bits per heavy atom. The van der Waals surface area contributed by atoms with Crippen LogP contribution in [-0.4, -0.2) is 41.9 Å². The highest BCUT2D eigenvalue weighted by Crippen LogP contribution is 2.22. The molecule has 28 heavy (non-hydrogen) atoms. The second kappa shape index (κ2) is 11.7. The van der Waals surface area contributed by atoms with Crippen molar-refractivity contribution in [3.8, 4) is 0 Å². The van der Waals surface area contributed by atoms with E-state index < -0.39 is 0 Å². The first-order valence-electron chi connectivity index (χ1n) is 9.78. The van der Waals surface area contributed by atoms with Crippen LogP contribution < -0.4 is 15.5 Å². The molecule has 0 spiro atoms. The number of unbranched alkanes of at least 4 members (excludes halogenated alkanes) is 3. The highest BCUT2D eigenvalue weighted by Gasteiger charge is 2.10. The van der Waals surface area contributed by atoms with Gasteiger partial charge in [0.05, 0.1) is 6.20 Å². The average molecular weight is 383 g/mol. The van der Waals surface area contributed by atoms with Crippen LogP contribution in [0.25, 0.3) is 0 Å². The van der Waals surface area contributed by atoms with Crippen LogP contribution in [0.2, 0.25) is 0 Å². The molecule has 0 atom stereocenters. The maximum Gasteiger partial charge on any atom is 0.251 e. The Hall–Kier alpha value is -2.96. The third-order valence-corrected chi connectivity index (χ3v) is 4.48. The zero-order valence-corrected chi connectivity index (χ0v) is 16.6. The summed E-state index contributed by atoms with van der Waals surface area (Å²) in [6.45, 7) is 3.44. The molecule has 0 aliphatic rings. The first-order chi connectivity index (χ1) is 13.7. The van der Waals surface area contributed by atoms with Crippen molar-refractivity contribution in [3.63, 3.8) is 0 Å². The summed E-state index contributed by atoms with van der Waals surface area (Å²) in [6.07, 6.45) is 9.39. The van der Waals surface area contributed by atoms with Crippen LogP contribution in [0.1, 0.15) is 49.4 Å². The second-order valence-corrected chi connectivity index (χ2v) is 6.45. The third kappa shape index (κ3) is 6.64. The van der Waals surface area contributed by atoms with E-state index in [9.17, 15) is 9.59 Å². The fourth-order valence-electron chi connectivity index (χ4n) is 2.89. The molecule has 2 amide bonds. The number of amides is 2. The van der Waals surface area contributed by atoms with E-state index in [2.05, 4.69) is 20.6 Å². The Kier molecular flexibility index (Phi) is 8.91. The Morgan fingerprint density at radius 1 is 1.04 bits per heavy atom. The number of benzene rings is 1. The molecule has 150 valence electrons. The summed E-state index contributed by atoms with van der Waals surface area (Å²) in [5.41, 5.74) is 1.61. The predicted octanol–water partition coefficient (Wildman–Crippen LogP) is 3.06. The van der Waals surface area contributed by atoms with Crippen LogP contribution in [0, 0.1) is 0 Å². The lowest BCUT2D eigenvalue weighted by atomic mass is 10.1. The van der Waals surface area contributed by atoms with Crippen LogP contribution >= 0.6 is 0 Å². The minimum Gasteiger partial charge on any atom is -0.359 e. The summed E-state index contributed by atoms with van der Waals surface area (Å²) in [5.74, 6) is 0.788. The monoisotopic (exact) mass is 383 g/mol. The molecule has 0 aliphatic heterocycles. The molecule has 0 saturated carbocycles. The fraction of sp³-hybridized carbons (Fsp3) is 0.429. The van der Waals surface area contributed by atoms with Gasteiger partial charge in [0, 0.05) is 50.2 Å². The Balaban J connectivity index is 1.76. The van der Waals surface area contributed by atoms with E-state index in [1.165, 1.54) is 0 Å².